The zero-order valence-corrected chi connectivity index (χ0v) is 22.4. The van der Waals surface area contributed by atoms with E-state index >= 15 is 0 Å². The lowest BCUT2D eigenvalue weighted by Crippen LogP contribution is -2.29. The molecule has 12 heteroatoms. The number of fused-ring (bicyclic) bond motifs is 1. The number of rotatable bonds is 7. The molecule has 4 aromatic heterocycles. The first-order valence-electron chi connectivity index (χ1n) is 12.5. The van der Waals surface area contributed by atoms with Gasteiger partial charge in [0.1, 0.15) is 23.7 Å². The largest absolute Gasteiger partial charge is 0.465 e. The van der Waals surface area contributed by atoms with Gasteiger partial charge in [-0.1, -0.05) is 6.07 Å². The van der Waals surface area contributed by atoms with Crippen molar-refractivity contribution >= 4 is 23.6 Å². The van der Waals surface area contributed by atoms with E-state index in [0.29, 0.717) is 40.0 Å². The van der Waals surface area contributed by atoms with Gasteiger partial charge in [0.25, 0.3) is 5.91 Å². The van der Waals surface area contributed by atoms with Crippen LogP contribution in [0.5, 0.6) is 0 Å². The van der Waals surface area contributed by atoms with Crippen molar-refractivity contribution in [2.45, 2.75) is 39.9 Å². The fourth-order valence-corrected chi connectivity index (χ4v) is 4.40. The lowest BCUT2D eigenvalue weighted by atomic mass is 10.1. The third-order valence-corrected chi connectivity index (χ3v) is 6.90. The fourth-order valence-electron chi connectivity index (χ4n) is 4.40. The van der Waals surface area contributed by atoms with E-state index in [9.17, 15) is 14.7 Å². The summed E-state index contributed by atoms with van der Waals surface area (Å²) in [6.07, 6.45) is 3.99. The Morgan fingerprint density at radius 3 is 2.69 bits per heavy atom. The molecule has 0 saturated carbocycles. The predicted molar refractivity (Wildman–Crippen MR) is 145 cm³/mol. The number of anilines is 2. The highest BCUT2D eigenvalue weighted by molar-refractivity contribution is 6.10. The van der Waals surface area contributed by atoms with Crippen LogP contribution in [-0.4, -0.2) is 71.9 Å². The van der Waals surface area contributed by atoms with Gasteiger partial charge in [0.15, 0.2) is 5.82 Å². The summed E-state index contributed by atoms with van der Waals surface area (Å²) in [5.74, 6) is 1.35. The zero-order chi connectivity index (χ0) is 27.8. The van der Waals surface area contributed by atoms with Gasteiger partial charge in [-0.3, -0.25) is 19.2 Å². The van der Waals surface area contributed by atoms with Crippen LogP contribution in [0.1, 0.15) is 41.0 Å². The normalized spacial score (nSPS) is 12.7. The number of aromatic nitrogens is 6. The van der Waals surface area contributed by atoms with Crippen molar-refractivity contribution in [2.75, 3.05) is 23.9 Å². The summed E-state index contributed by atoms with van der Waals surface area (Å²) >= 11 is 0. The fraction of sp³-hybridized carbons (Fsp3) is 0.296. The molecule has 4 aromatic rings. The molecule has 1 aliphatic heterocycles. The molecule has 1 N–H and O–H groups in total. The molecule has 1 aliphatic rings. The van der Waals surface area contributed by atoms with Crippen molar-refractivity contribution in [3.05, 3.63) is 71.4 Å². The highest BCUT2D eigenvalue weighted by atomic mass is 16.4. The topological polar surface area (TPSA) is 133 Å². The maximum Gasteiger partial charge on any atom is 0.407 e. The zero-order valence-electron chi connectivity index (χ0n) is 22.4. The number of amides is 2. The van der Waals surface area contributed by atoms with Gasteiger partial charge in [0.2, 0.25) is 0 Å². The molecule has 200 valence electrons. The molecule has 0 aromatic carbocycles. The van der Waals surface area contributed by atoms with Crippen LogP contribution in [-0.2, 0) is 13.1 Å². The number of nitrogens with zero attached hydrogens (tertiary/aromatic N) is 9. The van der Waals surface area contributed by atoms with Crippen molar-refractivity contribution < 1.29 is 14.7 Å². The molecule has 12 nitrogen and oxygen atoms in total. The van der Waals surface area contributed by atoms with Gasteiger partial charge in [-0.15, -0.1) is 10.2 Å². The van der Waals surface area contributed by atoms with E-state index in [1.165, 1.54) is 7.05 Å². The molecule has 0 saturated heterocycles. The molecule has 5 rings (SSSR count). The molecule has 0 aliphatic carbocycles. The van der Waals surface area contributed by atoms with Crippen molar-refractivity contribution in [1.29, 1.82) is 0 Å². The Bertz CT molecular complexity index is 1570. The summed E-state index contributed by atoms with van der Waals surface area (Å²) in [5, 5.41) is 17.8. The number of carboxylic acid groups (broad SMARTS) is 1. The number of carbonyl (C=O) groups excluding carboxylic acids is 1. The van der Waals surface area contributed by atoms with Crippen LogP contribution in [0.2, 0.25) is 0 Å². The average Bonchev–Trinajstić information content (AvgIpc) is 3.53. The van der Waals surface area contributed by atoms with E-state index in [4.69, 9.17) is 9.97 Å². The smallest absolute Gasteiger partial charge is 0.407 e. The Balaban J connectivity index is 1.53. The molecule has 0 spiro atoms. The van der Waals surface area contributed by atoms with E-state index in [1.807, 2.05) is 55.5 Å². The van der Waals surface area contributed by atoms with Crippen molar-refractivity contribution in [3.8, 4) is 17.2 Å². The molecule has 5 heterocycles. The lowest BCUT2D eigenvalue weighted by molar-refractivity contribution is 0.0996. The third kappa shape index (κ3) is 4.76. The molecule has 0 unspecified atom stereocenters. The predicted octanol–water partition coefficient (Wildman–Crippen LogP) is 3.54. The second-order valence-electron chi connectivity index (χ2n) is 9.76. The van der Waals surface area contributed by atoms with Crippen molar-refractivity contribution in [1.82, 2.24) is 34.6 Å². The molecule has 2 amide bonds. The summed E-state index contributed by atoms with van der Waals surface area (Å²) in [6, 6.07) is 9.20. The number of hydrogen-bond donors (Lipinski definition) is 1. The first-order chi connectivity index (χ1) is 18.7. The van der Waals surface area contributed by atoms with E-state index < -0.39 is 6.09 Å². The Kier molecular flexibility index (Phi) is 6.69. The Morgan fingerprint density at radius 2 is 1.97 bits per heavy atom. The van der Waals surface area contributed by atoms with Gasteiger partial charge < -0.3 is 14.9 Å². The van der Waals surface area contributed by atoms with Crippen LogP contribution in [0.25, 0.3) is 17.2 Å². The summed E-state index contributed by atoms with van der Waals surface area (Å²) in [4.78, 5) is 43.7. The van der Waals surface area contributed by atoms with Gasteiger partial charge >= 0.3 is 6.09 Å². The van der Waals surface area contributed by atoms with E-state index in [0.717, 1.165) is 16.2 Å². The summed E-state index contributed by atoms with van der Waals surface area (Å²) < 4.78 is 1.81. The third-order valence-electron chi connectivity index (χ3n) is 6.90. The van der Waals surface area contributed by atoms with Crippen LogP contribution < -0.4 is 9.80 Å². The van der Waals surface area contributed by atoms with Crippen LogP contribution in [0.4, 0.5) is 16.4 Å². The van der Waals surface area contributed by atoms with E-state index in [2.05, 4.69) is 15.2 Å². The van der Waals surface area contributed by atoms with Gasteiger partial charge in [-0.25, -0.2) is 14.8 Å². The first-order valence-corrected chi connectivity index (χ1v) is 12.5. The molecule has 39 heavy (non-hydrogen) atoms. The molecular formula is C27H29N9O3. The number of aryl methyl sites for hydroxylation is 1. The highest BCUT2D eigenvalue weighted by Crippen LogP contribution is 2.33. The van der Waals surface area contributed by atoms with E-state index in [1.54, 1.807) is 35.8 Å². The average molecular weight is 528 g/mol. The minimum Gasteiger partial charge on any atom is -0.465 e. The Morgan fingerprint density at radius 1 is 1.18 bits per heavy atom. The molecular weight excluding hydrogens is 498 g/mol. The first kappa shape index (κ1) is 25.8. The highest BCUT2D eigenvalue weighted by Gasteiger charge is 2.34. The Hall–Kier alpha value is -4.87. The second-order valence-corrected chi connectivity index (χ2v) is 9.76. The van der Waals surface area contributed by atoms with Gasteiger partial charge in [0.05, 0.1) is 36.2 Å². The van der Waals surface area contributed by atoms with Crippen LogP contribution in [0, 0.1) is 6.92 Å². The van der Waals surface area contributed by atoms with Gasteiger partial charge in [-0.05, 0) is 50.6 Å². The quantitative estimate of drug-likeness (QED) is 0.383. The molecule has 0 atom stereocenters. The summed E-state index contributed by atoms with van der Waals surface area (Å²) in [7, 11) is 3.38. The molecule has 0 radical (unpaired) electrons. The second kappa shape index (κ2) is 10.1. The maximum absolute atomic E-state index is 13.7. The minimum absolute atomic E-state index is 0.0552. The number of pyridine rings is 3. The number of carbonyl (C=O) groups is 2. The Labute approximate surface area is 225 Å². The standard InChI is InChI=1S/C27H29N9O3/c1-16(2)34(5)24-11-18-19(21(31-24)14-33(4)27(38)39)13-35(26(18)37)23-8-6-7-20(30-23)25-32-29-15-36(25)22-12-28-10-9-17(22)3/h6-12,15-16H,13-14H2,1-5H3,(H,38,39). The monoisotopic (exact) mass is 527 g/mol. The van der Waals surface area contributed by atoms with E-state index in [-0.39, 0.29) is 25.0 Å². The van der Waals surface area contributed by atoms with Crippen molar-refractivity contribution in [3.63, 3.8) is 0 Å². The van der Waals surface area contributed by atoms with Crippen LogP contribution >= 0.6 is 0 Å². The lowest BCUT2D eigenvalue weighted by Gasteiger charge is -2.24. The van der Waals surface area contributed by atoms with Crippen LogP contribution in [0.3, 0.4) is 0 Å². The van der Waals surface area contributed by atoms with Gasteiger partial charge in [0, 0.05) is 31.9 Å². The summed E-state index contributed by atoms with van der Waals surface area (Å²) in [5.41, 5.74) is 4.09. The molecule has 0 bridgehead atoms. The van der Waals surface area contributed by atoms with Crippen LogP contribution in [0.15, 0.2) is 49.1 Å². The minimum atomic E-state index is -1.07. The molecule has 0 fully saturated rings. The van der Waals surface area contributed by atoms with Gasteiger partial charge in [-0.2, -0.15) is 0 Å². The summed E-state index contributed by atoms with van der Waals surface area (Å²) in [6.45, 7) is 6.30. The SMILES string of the molecule is Cc1ccncc1-n1cnnc1-c1cccc(N2Cc3c(cc(N(C)C(C)C)nc3CN(C)C(=O)O)C2=O)n1. The van der Waals surface area contributed by atoms with Crippen molar-refractivity contribution in [2.24, 2.45) is 0 Å². The number of hydrogen-bond acceptors (Lipinski definition) is 8. The maximum atomic E-state index is 13.7.